The van der Waals surface area contributed by atoms with Crippen LogP contribution in [0.15, 0.2) is 6.07 Å². The molecule has 0 aliphatic rings. The van der Waals surface area contributed by atoms with Crippen molar-refractivity contribution in [3.05, 3.63) is 28.8 Å². The van der Waals surface area contributed by atoms with Gasteiger partial charge in [0.05, 0.1) is 13.7 Å². The summed E-state index contributed by atoms with van der Waals surface area (Å²) < 4.78 is 36.8. The number of hydrogen-bond acceptors (Lipinski definition) is 2. The van der Waals surface area contributed by atoms with E-state index >= 15 is 0 Å². The average Bonchev–Trinajstić information content (AvgIpc) is 2.23. The highest BCUT2D eigenvalue weighted by atomic mass is 79.9. The van der Waals surface area contributed by atoms with Crippen molar-refractivity contribution in [2.75, 3.05) is 14.2 Å². The van der Waals surface area contributed by atoms with E-state index in [1.54, 1.807) is 0 Å². The number of ether oxygens (including phenoxy) is 2. The van der Waals surface area contributed by atoms with Gasteiger partial charge in [-0.25, -0.2) is 8.78 Å². The number of alkyl halides is 1. The van der Waals surface area contributed by atoms with Crippen LogP contribution in [0.2, 0.25) is 0 Å². The van der Waals surface area contributed by atoms with Crippen LogP contribution >= 0.6 is 15.9 Å². The van der Waals surface area contributed by atoms with Crippen LogP contribution in [0.3, 0.4) is 0 Å². The van der Waals surface area contributed by atoms with Crippen LogP contribution in [0, 0.1) is 11.6 Å². The maximum Gasteiger partial charge on any atom is 0.172 e. The quantitative estimate of drug-likeness (QED) is 0.790. The lowest BCUT2D eigenvalue weighted by atomic mass is 10.1. The van der Waals surface area contributed by atoms with Crippen molar-refractivity contribution in [1.29, 1.82) is 0 Å². The maximum atomic E-state index is 13.6. The standard InChI is InChI=1S/C10H11BrF2O2/c1-14-5-6-3-8(15-2)10(13)7(4-11)9(6)12/h3H,4-5H2,1-2H3. The predicted octanol–water partition coefficient (Wildman–Crippen LogP) is 3.01. The zero-order valence-electron chi connectivity index (χ0n) is 8.44. The SMILES string of the molecule is COCc1cc(OC)c(F)c(CBr)c1F. The second-order valence-electron chi connectivity index (χ2n) is 2.91. The average molecular weight is 281 g/mol. The second kappa shape index (κ2) is 5.42. The highest BCUT2D eigenvalue weighted by molar-refractivity contribution is 9.08. The molecular formula is C10H11BrF2O2. The highest BCUT2D eigenvalue weighted by Crippen LogP contribution is 2.28. The van der Waals surface area contributed by atoms with E-state index in [0.29, 0.717) is 0 Å². The lowest BCUT2D eigenvalue weighted by Crippen LogP contribution is -2.03. The van der Waals surface area contributed by atoms with Gasteiger partial charge in [-0.05, 0) is 6.07 Å². The number of hydrogen-bond donors (Lipinski definition) is 0. The summed E-state index contributed by atoms with van der Waals surface area (Å²) in [6.07, 6.45) is 0. The number of methoxy groups -OCH3 is 2. The first-order valence-corrected chi connectivity index (χ1v) is 5.36. The molecule has 0 amide bonds. The van der Waals surface area contributed by atoms with Crippen LogP contribution in [0.5, 0.6) is 5.75 Å². The van der Waals surface area contributed by atoms with Crippen LogP contribution in [0.1, 0.15) is 11.1 Å². The third kappa shape index (κ3) is 2.46. The van der Waals surface area contributed by atoms with Gasteiger partial charge >= 0.3 is 0 Å². The molecule has 0 N–H and O–H groups in total. The summed E-state index contributed by atoms with van der Waals surface area (Å²) in [6, 6.07) is 1.31. The molecular weight excluding hydrogens is 270 g/mol. The Hall–Kier alpha value is -0.680. The van der Waals surface area contributed by atoms with Crippen LogP contribution in [-0.2, 0) is 16.7 Å². The fourth-order valence-corrected chi connectivity index (χ4v) is 1.74. The third-order valence-electron chi connectivity index (χ3n) is 1.99. The lowest BCUT2D eigenvalue weighted by molar-refractivity contribution is 0.180. The molecule has 15 heavy (non-hydrogen) atoms. The molecule has 0 saturated heterocycles. The van der Waals surface area contributed by atoms with Crippen LogP contribution < -0.4 is 4.74 Å². The Morgan fingerprint density at radius 1 is 1.27 bits per heavy atom. The third-order valence-corrected chi connectivity index (χ3v) is 2.55. The smallest absolute Gasteiger partial charge is 0.172 e. The second-order valence-corrected chi connectivity index (χ2v) is 3.47. The molecule has 0 unspecified atom stereocenters. The van der Waals surface area contributed by atoms with Gasteiger partial charge in [-0.3, -0.25) is 0 Å². The Morgan fingerprint density at radius 3 is 2.40 bits per heavy atom. The zero-order chi connectivity index (χ0) is 11.4. The van der Waals surface area contributed by atoms with Gasteiger partial charge in [-0.15, -0.1) is 0 Å². The monoisotopic (exact) mass is 280 g/mol. The van der Waals surface area contributed by atoms with Crippen molar-refractivity contribution in [3.63, 3.8) is 0 Å². The molecule has 0 heterocycles. The first-order valence-electron chi connectivity index (χ1n) is 4.24. The lowest BCUT2D eigenvalue weighted by Gasteiger charge is -2.11. The van der Waals surface area contributed by atoms with Gasteiger partial charge in [0.25, 0.3) is 0 Å². The minimum absolute atomic E-state index is 0.0258. The Bertz CT molecular complexity index is 356. The van der Waals surface area contributed by atoms with E-state index in [1.165, 1.54) is 20.3 Å². The molecule has 0 aliphatic heterocycles. The minimum Gasteiger partial charge on any atom is -0.494 e. The van der Waals surface area contributed by atoms with Crippen molar-refractivity contribution in [2.45, 2.75) is 11.9 Å². The molecule has 0 bridgehead atoms. The summed E-state index contributed by atoms with van der Waals surface area (Å²) in [4.78, 5) is 0. The van der Waals surface area contributed by atoms with Crippen molar-refractivity contribution in [2.24, 2.45) is 0 Å². The molecule has 5 heteroatoms. The van der Waals surface area contributed by atoms with Crippen molar-refractivity contribution in [3.8, 4) is 5.75 Å². The molecule has 0 spiro atoms. The molecule has 0 atom stereocenters. The highest BCUT2D eigenvalue weighted by Gasteiger charge is 2.17. The van der Waals surface area contributed by atoms with E-state index in [2.05, 4.69) is 15.9 Å². The molecule has 1 aromatic carbocycles. The molecule has 84 valence electrons. The zero-order valence-corrected chi connectivity index (χ0v) is 10.0. The van der Waals surface area contributed by atoms with Gasteiger partial charge in [0.1, 0.15) is 5.82 Å². The molecule has 0 aromatic heterocycles. The van der Waals surface area contributed by atoms with Gasteiger partial charge < -0.3 is 9.47 Å². The maximum absolute atomic E-state index is 13.6. The largest absolute Gasteiger partial charge is 0.494 e. The first kappa shape index (κ1) is 12.4. The van der Waals surface area contributed by atoms with Gasteiger partial charge in [0, 0.05) is 23.6 Å². The molecule has 0 radical (unpaired) electrons. The van der Waals surface area contributed by atoms with E-state index in [4.69, 9.17) is 9.47 Å². The summed E-state index contributed by atoms with van der Waals surface area (Å²) >= 11 is 3.03. The topological polar surface area (TPSA) is 18.5 Å². The predicted molar refractivity (Wildman–Crippen MR) is 56.3 cm³/mol. The Balaban J connectivity index is 3.30. The van der Waals surface area contributed by atoms with Crippen molar-refractivity contribution >= 4 is 15.9 Å². The van der Waals surface area contributed by atoms with E-state index in [1.807, 2.05) is 0 Å². The number of halogens is 3. The normalized spacial score (nSPS) is 10.5. The van der Waals surface area contributed by atoms with Crippen LogP contribution in [-0.4, -0.2) is 14.2 Å². The molecule has 0 saturated carbocycles. The Labute approximate surface area is 95.3 Å². The molecule has 0 fully saturated rings. The minimum atomic E-state index is -0.674. The van der Waals surface area contributed by atoms with E-state index in [-0.39, 0.29) is 28.8 Å². The van der Waals surface area contributed by atoms with Gasteiger partial charge in [-0.2, -0.15) is 0 Å². The summed E-state index contributed by atoms with van der Waals surface area (Å²) in [7, 11) is 2.79. The fourth-order valence-electron chi connectivity index (χ4n) is 1.25. The fraction of sp³-hybridized carbons (Fsp3) is 0.400. The van der Waals surface area contributed by atoms with Gasteiger partial charge in [-0.1, -0.05) is 15.9 Å². The molecule has 1 rings (SSSR count). The van der Waals surface area contributed by atoms with Gasteiger partial charge in [0.2, 0.25) is 0 Å². The van der Waals surface area contributed by atoms with Crippen LogP contribution in [0.4, 0.5) is 8.78 Å². The molecule has 0 aliphatic carbocycles. The van der Waals surface area contributed by atoms with Crippen LogP contribution in [0.25, 0.3) is 0 Å². The summed E-state index contributed by atoms with van der Waals surface area (Å²) in [6.45, 7) is 0.0858. The number of rotatable bonds is 4. The summed E-state index contributed by atoms with van der Waals surface area (Å²) in [5, 5.41) is 0.0958. The van der Waals surface area contributed by atoms with Crippen molar-refractivity contribution in [1.82, 2.24) is 0 Å². The summed E-state index contributed by atoms with van der Waals surface area (Å²) in [5.74, 6) is -1.24. The van der Waals surface area contributed by atoms with Gasteiger partial charge in [0.15, 0.2) is 11.6 Å². The molecule has 1 aromatic rings. The summed E-state index contributed by atoms with van der Waals surface area (Å²) in [5.41, 5.74) is 0.242. The first-order chi connectivity index (χ1) is 7.15. The number of benzene rings is 1. The van der Waals surface area contributed by atoms with E-state index in [9.17, 15) is 8.78 Å². The van der Waals surface area contributed by atoms with Crippen molar-refractivity contribution < 1.29 is 18.3 Å². The van der Waals surface area contributed by atoms with E-state index in [0.717, 1.165) is 0 Å². The Kier molecular flexibility index (Phi) is 4.47. The molecule has 2 nitrogen and oxygen atoms in total. The van der Waals surface area contributed by atoms with E-state index < -0.39 is 11.6 Å². The Morgan fingerprint density at radius 2 is 1.93 bits per heavy atom.